The number of aromatic nitrogens is 4. The summed E-state index contributed by atoms with van der Waals surface area (Å²) >= 11 is 1.18. The molecule has 2 aromatic heterocycles. The van der Waals surface area contributed by atoms with Crippen LogP contribution in [0, 0.1) is 10.1 Å². The largest absolute Gasteiger partial charge is 0.272 e. The highest BCUT2D eigenvalue weighted by Gasteiger charge is 2.19. The zero-order valence-corrected chi connectivity index (χ0v) is 17.9. The maximum atomic E-state index is 12.3. The van der Waals surface area contributed by atoms with E-state index in [1.54, 1.807) is 35.0 Å². The molecular weight excluding hydrogens is 442 g/mol. The Hall–Kier alpha value is -4.38. The van der Waals surface area contributed by atoms with Crippen molar-refractivity contribution in [1.29, 1.82) is 0 Å². The number of non-ortho nitro benzene ring substituents is 1. The van der Waals surface area contributed by atoms with Crippen molar-refractivity contribution in [3.8, 4) is 17.1 Å². The van der Waals surface area contributed by atoms with E-state index in [1.807, 2.05) is 36.4 Å². The highest BCUT2D eigenvalue weighted by Crippen LogP contribution is 2.29. The first-order valence-electron chi connectivity index (χ1n) is 9.73. The van der Waals surface area contributed by atoms with Crippen LogP contribution in [-0.4, -0.2) is 42.5 Å². The molecule has 10 nitrogen and oxygen atoms in total. The molecule has 0 spiro atoms. The van der Waals surface area contributed by atoms with Gasteiger partial charge in [0.25, 0.3) is 11.6 Å². The Morgan fingerprint density at radius 3 is 2.67 bits per heavy atom. The number of thioether (sulfide) groups is 1. The van der Waals surface area contributed by atoms with Crippen molar-refractivity contribution in [3.63, 3.8) is 0 Å². The Morgan fingerprint density at radius 1 is 1.09 bits per heavy atom. The zero-order chi connectivity index (χ0) is 23.0. The Labute approximate surface area is 192 Å². The molecule has 0 atom stereocenters. The molecule has 0 fully saturated rings. The van der Waals surface area contributed by atoms with Crippen molar-refractivity contribution < 1.29 is 9.72 Å². The van der Waals surface area contributed by atoms with Crippen LogP contribution in [0.15, 0.2) is 89.3 Å². The van der Waals surface area contributed by atoms with Crippen LogP contribution in [0.25, 0.3) is 17.1 Å². The lowest BCUT2D eigenvalue weighted by Crippen LogP contribution is -2.20. The SMILES string of the molecule is O=C(CSc1nnc(-c2cccc([N+](=O)[O-])c2)n1-c1ccccc1)N/N=C/c1ccccn1. The molecule has 0 saturated heterocycles. The summed E-state index contributed by atoms with van der Waals surface area (Å²) in [4.78, 5) is 27.1. The molecular formula is C22H17N7O3S. The molecule has 0 bridgehead atoms. The Kier molecular flexibility index (Phi) is 6.81. The lowest BCUT2D eigenvalue weighted by atomic mass is 10.2. The summed E-state index contributed by atoms with van der Waals surface area (Å²) in [7, 11) is 0. The monoisotopic (exact) mass is 459 g/mol. The summed E-state index contributed by atoms with van der Waals surface area (Å²) in [6.07, 6.45) is 3.09. The number of carbonyl (C=O) groups excluding carboxylic acids is 1. The number of nitrogens with zero attached hydrogens (tertiary/aromatic N) is 6. The van der Waals surface area contributed by atoms with Crippen molar-refractivity contribution in [2.75, 3.05) is 5.75 Å². The van der Waals surface area contributed by atoms with Crippen LogP contribution in [0.1, 0.15) is 5.69 Å². The molecule has 4 rings (SSSR count). The molecule has 33 heavy (non-hydrogen) atoms. The third-order valence-electron chi connectivity index (χ3n) is 4.37. The smallest absolute Gasteiger partial charge is 0.270 e. The van der Waals surface area contributed by atoms with E-state index in [2.05, 4.69) is 25.7 Å². The lowest BCUT2D eigenvalue weighted by Gasteiger charge is -2.10. The van der Waals surface area contributed by atoms with Crippen LogP contribution in [0.2, 0.25) is 0 Å². The average molecular weight is 459 g/mol. The third kappa shape index (κ3) is 5.46. The molecule has 1 N–H and O–H groups in total. The molecule has 2 aromatic carbocycles. The molecule has 0 unspecified atom stereocenters. The summed E-state index contributed by atoms with van der Waals surface area (Å²) in [5.74, 6) is 0.145. The van der Waals surface area contributed by atoms with Crippen molar-refractivity contribution in [3.05, 3.63) is 94.8 Å². The first-order valence-corrected chi connectivity index (χ1v) is 10.7. The van der Waals surface area contributed by atoms with Crippen LogP contribution in [-0.2, 0) is 4.79 Å². The number of rotatable bonds is 8. The summed E-state index contributed by atoms with van der Waals surface area (Å²) in [6, 6.07) is 20.9. The number of hydrazone groups is 1. The molecule has 4 aromatic rings. The zero-order valence-electron chi connectivity index (χ0n) is 17.1. The topological polar surface area (TPSA) is 128 Å². The van der Waals surface area contributed by atoms with Gasteiger partial charge in [0.1, 0.15) is 0 Å². The van der Waals surface area contributed by atoms with Crippen molar-refractivity contribution in [1.82, 2.24) is 25.2 Å². The summed E-state index contributed by atoms with van der Waals surface area (Å²) in [5, 5.41) is 24.0. The highest BCUT2D eigenvalue weighted by molar-refractivity contribution is 7.99. The fourth-order valence-corrected chi connectivity index (χ4v) is 3.65. The number of pyridine rings is 1. The first kappa shape index (κ1) is 21.8. The number of carbonyl (C=O) groups is 1. The Morgan fingerprint density at radius 2 is 1.91 bits per heavy atom. The molecule has 1 amide bonds. The van der Waals surface area contributed by atoms with Crippen LogP contribution in [0.4, 0.5) is 5.69 Å². The van der Waals surface area contributed by atoms with Crippen molar-refractivity contribution in [2.24, 2.45) is 5.10 Å². The van der Waals surface area contributed by atoms with Crippen molar-refractivity contribution in [2.45, 2.75) is 5.16 Å². The van der Waals surface area contributed by atoms with Crippen LogP contribution < -0.4 is 5.43 Å². The van der Waals surface area contributed by atoms with Gasteiger partial charge < -0.3 is 0 Å². The minimum Gasteiger partial charge on any atom is -0.272 e. The molecule has 0 aliphatic carbocycles. The van der Waals surface area contributed by atoms with E-state index in [0.717, 1.165) is 5.69 Å². The second kappa shape index (κ2) is 10.3. The third-order valence-corrected chi connectivity index (χ3v) is 5.30. The number of amides is 1. The molecule has 164 valence electrons. The first-order chi connectivity index (χ1) is 16.1. The lowest BCUT2D eigenvalue weighted by molar-refractivity contribution is -0.384. The summed E-state index contributed by atoms with van der Waals surface area (Å²) in [5.41, 5.74) is 4.33. The second-order valence-corrected chi connectivity index (χ2v) is 7.56. The standard InChI is InChI=1S/C22H17N7O3S/c30-20(25-24-14-17-8-4-5-12-23-17)15-33-22-27-26-21(28(22)18-9-2-1-3-10-18)16-7-6-11-19(13-16)29(31)32/h1-14H,15H2,(H,25,30)/b24-14+. The van der Waals surface area contributed by atoms with Gasteiger partial charge >= 0.3 is 0 Å². The molecule has 0 aliphatic rings. The number of para-hydroxylation sites is 1. The highest BCUT2D eigenvalue weighted by atomic mass is 32.2. The number of nitro benzene ring substituents is 1. The van der Waals surface area contributed by atoms with E-state index in [-0.39, 0.29) is 17.3 Å². The van der Waals surface area contributed by atoms with Gasteiger partial charge in [0.05, 0.1) is 22.6 Å². The molecule has 0 radical (unpaired) electrons. The fraction of sp³-hybridized carbons (Fsp3) is 0.0455. The quantitative estimate of drug-likeness (QED) is 0.185. The van der Waals surface area contributed by atoms with E-state index in [4.69, 9.17) is 0 Å². The fourth-order valence-electron chi connectivity index (χ4n) is 2.90. The van der Waals surface area contributed by atoms with Gasteiger partial charge in [-0.25, -0.2) is 5.43 Å². The van der Waals surface area contributed by atoms with Gasteiger partial charge in [0.2, 0.25) is 0 Å². The molecule has 11 heteroatoms. The predicted molar refractivity (Wildman–Crippen MR) is 124 cm³/mol. The summed E-state index contributed by atoms with van der Waals surface area (Å²) in [6.45, 7) is 0. The van der Waals surface area contributed by atoms with Gasteiger partial charge in [-0.05, 0) is 24.3 Å². The van der Waals surface area contributed by atoms with E-state index >= 15 is 0 Å². The van der Waals surface area contributed by atoms with Gasteiger partial charge in [0, 0.05) is 29.6 Å². The number of hydrogen-bond acceptors (Lipinski definition) is 8. The Balaban J connectivity index is 1.55. The van der Waals surface area contributed by atoms with Crippen LogP contribution in [0.3, 0.4) is 0 Å². The van der Waals surface area contributed by atoms with E-state index in [0.29, 0.717) is 22.2 Å². The van der Waals surface area contributed by atoms with Gasteiger partial charge in [0.15, 0.2) is 11.0 Å². The van der Waals surface area contributed by atoms with Gasteiger partial charge in [-0.2, -0.15) is 5.10 Å². The maximum Gasteiger partial charge on any atom is 0.270 e. The number of hydrogen-bond donors (Lipinski definition) is 1. The van der Waals surface area contributed by atoms with E-state index < -0.39 is 4.92 Å². The van der Waals surface area contributed by atoms with Crippen LogP contribution in [0.5, 0.6) is 0 Å². The van der Waals surface area contributed by atoms with Gasteiger partial charge in [-0.3, -0.25) is 24.5 Å². The Bertz CT molecular complexity index is 1290. The van der Waals surface area contributed by atoms with Crippen LogP contribution >= 0.6 is 11.8 Å². The van der Waals surface area contributed by atoms with Crippen molar-refractivity contribution >= 4 is 29.6 Å². The minimum atomic E-state index is -0.460. The number of nitrogens with one attached hydrogen (secondary N) is 1. The molecule has 0 aliphatic heterocycles. The number of nitro groups is 1. The maximum absolute atomic E-state index is 12.3. The average Bonchev–Trinajstić information content (AvgIpc) is 3.28. The van der Waals surface area contributed by atoms with Gasteiger partial charge in [-0.1, -0.05) is 48.2 Å². The van der Waals surface area contributed by atoms with E-state index in [1.165, 1.54) is 30.1 Å². The van der Waals surface area contributed by atoms with E-state index in [9.17, 15) is 14.9 Å². The predicted octanol–water partition coefficient (Wildman–Crippen LogP) is 3.48. The summed E-state index contributed by atoms with van der Waals surface area (Å²) < 4.78 is 1.76. The molecule has 0 saturated carbocycles. The normalized spacial score (nSPS) is 10.9. The second-order valence-electron chi connectivity index (χ2n) is 6.62. The number of benzene rings is 2. The molecule has 2 heterocycles. The minimum absolute atomic E-state index is 0.0411. The van der Waals surface area contributed by atoms with Gasteiger partial charge in [-0.15, -0.1) is 10.2 Å².